The van der Waals surface area contributed by atoms with Crippen molar-refractivity contribution in [2.24, 2.45) is 5.92 Å². The largest absolute Gasteiger partial charge is 0.310 e. The molecular formula is C25H29N3O4S2. The molecule has 2 aromatic carbocycles. The first-order chi connectivity index (χ1) is 16.3. The third-order valence-electron chi connectivity index (χ3n) is 6.96. The molecule has 0 spiro atoms. The number of sulfonamides is 1. The predicted molar refractivity (Wildman–Crippen MR) is 134 cm³/mol. The van der Waals surface area contributed by atoms with Gasteiger partial charge in [0.05, 0.1) is 10.6 Å². The minimum absolute atomic E-state index is 0.106. The summed E-state index contributed by atoms with van der Waals surface area (Å²) in [6.45, 7) is 3.63. The number of para-hydroxylation sites is 1. The van der Waals surface area contributed by atoms with Crippen LogP contribution in [-0.2, 0) is 26.0 Å². The van der Waals surface area contributed by atoms with Crippen molar-refractivity contribution in [3.63, 3.8) is 0 Å². The Bertz CT molecular complexity index is 1220. The number of anilines is 2. The third-order valence-corrected chi connectivity index (χ3v) is 9.92. The van der Waals surface area contributed by atoms with Gasteiger partial charge >= 0.3 is 0 Å². The highest BCUT2D eigenvalue weighted by molar-refractivity contribution is 7.99. The average Bonchev–Trinajstić information content (AvgIpc) is 3.20. The van der Waals surface area contributed by atoms with E-state index in [0.29, 0.717) is 43.4 Å². The van der Waals surface area contributed by atoms with Gasteiger partial charge in [-0.05, 0) is 55.0 Å². The summed E-state index contributed by atoms with van der Waals surface area (Å²) in [6.07, 6.45) is 2.78. The summed E-state index contributed by atoms with van der Waals surface area (Å²) in [7, 11) is -3.67. The van der Waals surface area contributed by atoms with Crippen LogP contribution in [0.3, 0.4) is 0 Å². The smallest absolute Gasteiger partial charge is 0.247 e. The molecule has 0 aliphatic carbocycles. The minimum Gasteiger partial charge on any atom is -0.310 e. The van der Waals surface area contributed by atoms with Crippen molar-refractivity contribution in [3.8, 4) is 0 Å². The maximum Gasteiger partial charge on any atom is 0.247 e. The molecule has 180 valence electrons. The Labute approximate surface area is 205 Å². The lowest BCUT2D eigenvalue weighted by molar-refractivity contribution is -0.122. The molecule has 0 bridgehead atoms. The number of fused-ring (bicyclic) bond motifs is 2. The topological polar surface area (TPSA) is 78.0 Å². The molecule has 0 saturated carbocycles. The molecule has 0 aromatic heterocycles. The van der Waals surface area contributed by atoms with Crippen molar-refractivity contribution in [2.75, 3.05) is 41.7 Å². The van der Waals surface area contributed by atoms with E-state index in [2.05, 4.69) is 6.92 Å². The Kier molecular flexibility index (Phi) is 6.43. The summed E-state index contributed by atoms with van der Waals surface area (Å²) in [4.78, 5) is 30.6. The minimum atomic E-state index is -3.67. The summed E-state index contributed by atoms with van der Waals surface area (Å²) in [6, 6.07) is 12.8. The molecule has 3 aliphatic heterocycles. The molecule has 34 heavy (non-hydrogen) atoms. The van der Waals surface area contributed by atoms with Crippen LogP contribution in [0.15, 0.2) is 52.3 Å². The van der Waals surface area contributed by atoms with E-state index in [1.165, 1.54) is 21.0 Å². The fourth-order valence-corrected chi connectivity index (χ4v) is 7.34. The number of rotatable bonds is 4. The summed E-state index contributed by atoms with van der Waals surface area (Å²) in [5.74, 6) is 0.798. The molecule has 0 radical (unpaired) electrons. The van der Waals surface area contributed by atoms with Gasteiger partial charge in [-0.3, -0.25) is 9.59 Å². The third kappa shape index (κ3) is 4.36. The van der Waals surface area contributed by atoms with E-state index in [1.54, 1.807) is 23.1 Å². The molecule has 3 heterocycles. The Balaban J connectivity index is 1.44. The number of thioether (sulfide) groups is 1. The van der Waals surface area contributed by atoms with Gasteiger partial charge in [0.25, 0.3) is 0 Å². The van der Waals surface area contributed by atoms with E-state index < -0.39 is 10.0 Å². The van der Waals surface area contributed by atoms with E-state index >= 15 is 0 Å². The van der Waals surface area contributed by atoms with Crippen LogP contribution in [0, 0.1) is 5.92 Å². The molecule has 2 amide bonds. The van der Waals surface area contributed by atoms with E-state index in [1.807, 2.05) is 24.3 Å². The first-order valence-corrected chi connectivity index (χ1v) is 14.2. The van der Waals surface area contributed by atoms with E-state index in [0.717, 1.165) is 35.4 Å². The van der Waals surface area contributed by atoms with Gasteiger partial charge in [-0.15, -0.1) is 11.8 Å². The second kappa shape index (κ2) is 9.36. The van der Waals surface area contributed by atoms with Crippen molar-refractivity contribution in [3.05, 3.63) is 48.0 Å². The number of hydrogen-bond acceptors (Lipinski definition) is 5. The number of nitrogens with zero attached hydrogens (tertiary/aromatic N) is 3. The number of carbonyl (C=O) groups is 2. The van der Waals surface area contributed by atoms with Gasteiger partial charge in [0.2, 0.25) is 21.8 Å². The fourth-order valence-electron chi connectivity index (χ4n) is 4.87. The van der Waals surface area contributed by atoms with Crippen LogP contribution in [0.5, 0.6) is 0 Å². The first-order valence-electron chi connectivity index (χ1n) is 11.8. The number of hydrogen-bond donors (Lipinski definition) is 0. The number of amides is 2. The molecule has 2 aromatic rings. The molecule has 1 fully saturated rings. The lowest BCUT2D eigenvalue weighted by atomic mass is 10.0. The monoisotopic (exact) mass is 499 g/mol. The fraction of sp³-hybridized carbons (Fsp3) is 0.440. The van der Waals surface area contributed by atoms with Crippen LogP contribution < -0.4 is 9.80 Å². The highest BCUT2D eigenvalue weighted by Gasteiger charge is 2.33. The van der Waals surface area contributed by atoms with Crippen molar-refractivity contribution in [2.45, 2.75) is 42.4 Å². The lowest BCUT2D eigenvalue weighted by Gasteiger charge is -2.30. The van der Waals surface area contributed by atoms with E-state index in [-0.39, 0.29) is 23.3 Å². The highest BCUT2D eigenvalue weighted by Crippen LogP contribution is 2.37. The van der Waals surface area contributed by atoms with Gasteiger partial charge in [-0.2, -0.15) is 4.31 Å². The maximum absolute atomic E-state index is 13.4. The lowest BCUT2D eigenvalue weighted by Crippen LogP contribution is -2.42. The zero-order valence-corrected chi connectivity index (χ0v) is 20.9. The number of piperidine rings is 1. The Morgan fingerprint density at radius 3 is 2.59 bits per heavy atom. The average molecular weight is 500 g/mol. The standard InChI is InChI=1S/C25H29N3O4S2/c1-18-8-12-26(13-9-18)34(31,32)20-6-7-23-22(16-20)28(24(29)11-15-33-23)17-25(30)27-14-10-19-4-2-3-5-21(19)27/h2-7,16,18H,8-15,17H2,1H3. The molecular weight excluding hydrogens is 470 g/mol. The highest BCUT2D eigenvalue weighted by atomic mass is 32.2. The predicted octanol–water partition coefficient (Wildman–Crippen LogP) is 3.53. The first kappa shape index (κ1) is 23.4. The van der Waals surface area contributed by atoms with Gasteiger partial charge in [0, 0.05) is 42.4 Å². The molecule has 0 N–H and O–H groups in total. The van der Waals surface area contributed by atoms with Crippen LogP contribution in [0.4, 0.5) is 11.4 Å². The van der Waals surface area contributed by atoms with Crippen LogP contribution in [0.1, 0.15) is 31.7 Å². The van der Waals surface area contributed by atoms with E-state index in [4.69, 9.17) is 0 Å². The molecule has 0 atom stereocenters. The summed E-state index contributed by atoms with van der Waals surface area (Å²) in [5, 5.41) is 0. The zero-order chi connectivity index (χ0) is 23.9. The van der Waals surface area contributed by atoms with Crippen molar-refractivity contribution in [1.82, 2.24) is 4.31 Å². The van der Waals surface area contributed by atoms with Crippen LogP contribution in [0.25, 0.3) is 0 Å². The summed E-state index contributed by atoms with van der Waals surface area (Å²) >= 11 is 1.52. The Hall–Kier alpha value is -2.36. The quantitative estimate of drug-likeness (QED) is 0.643. The Morgan fingerprint density at radius 1 is 1.03 bits per heavy atom. The summed E-state index contributed by atoms with van der Waals surface area (Å²) < 4.78 is 28.3. The van der Waals surface area contributed by atoms with Gasteiger partial charge in [0.15, 0.2) is 0 Å². The number of benzene rings is 2. The second-order valence-corrected chi connectivity index (χ2v) is 12.3. The SMILES string of the molecule is CC1CCN(S(=O)(=O)c2ccc3c(c2)N(CC(=O)N2CCc4ccccc42)C(=O)CCS3)CC1. The van der Waals surface area contributed by atoms with Crippen LogP contribution in [-0.4, -0.2) is 56.5 Å². The van der Waals surface area contributed by atoms with E-state index in [9.17, 15) is 18.0 Å². The molecule has 7 nitrogen and oxygen atoms in total. The van der Waals surface area contributed by atoms with Gasteiger partial charge in [0.1, 0.15) is 6.54 Å². The maximum atomic E-state index is 13.4. The molecule has 1 saturated heterocycles. The van der Waals surface area contributed by atoms with Crippen molar-refractivity contribution < 1.29 is 18.0 Å². The molecule has 3 aliphatic rings. The van der Waals surface area contributed by atoms with Gasteiger partial charge in [-0.25, -0.2) is 8.42 Å². The van der Waals surface area contributed by atoms with Crippen LogP contribution >= 0.6 is 11.8 Å². The molecule has 0 unspecified atom stereocenters. The van der Waals surface area contributed by atoms with Gasteiger partial charge in [-0.1, -0.05) is 25.1 Å². The second-order valence-electron chi connectivity index (χ2n) is 9.22. The van der Waals surface area contributed by atoms with Crippen molar-refractivity contribution in [1.29, 1.82) is 0 Å². The van der Waals surface area contributed by atoms with Crippen LogP contribution in [0.2, 0.25) is 0 Å². The van der Waals surface area contributed by atoms with Gasteiger partial charge < -0.3 is 9.80 Å². The normalized spacial score (nSPS) is 19.6. The Morgan fingerprint density at radius 2 is 1.79 bits per heavy atom. The molecule has 9 heteroatoms. The molecule has 5 rings (SSSR count). The summed E-state index contributed by atoms with van der Waals surface area (Å²) in [5.41, 5.74) is 2.53. The zero-order valence-electron chi connectivity index (χ0n) is 19.3. The number of carbonyl (C=O) groups excluding carboxylic acids is 2. The van der Waals surface area contributed by atoms with Crippen molar-refractivity contribution >= 4 is 45.0 Å².